The zero-order valence-corrected chi connectivity index (χ0v) is 13.5. The summed E-state index contributed by atoms with van der Waals surface area (Å²) in [4.78, 5) is 2.62. The smallest absolute Gasteiger partial charge is 0.115 e. The largest absolute Gasteiger partial charge is 0.508 e. The molecule has 1 saturated carbocycles. The number of aromatic hydroxyl groups is 1. The summed E-state index contributed by atoms with van der Waals surface area (Å²) < 4.78 is 0. The van der Waals surface area contributed by atoms with Crippen LogP contribution in [0.15, 0.2) is 24.3 Å². The molecule has 2 aliphatic rings. The first-order chi connectivity index (χ1) is 9.93. The van der Waals surface area contributed by atoms with Crippen LogP contribution in [0.25, 0.3) is 0 Å². The second kappa shape index (κ2) is 5.62. The highest BCUT2D eigenvalue weighted by atomic mass is 16.3. The minimum atomic E-state index is 0.262. The molecule has 0 bridgehead atoms. The van der Waals surface area contributed by atoms with Crippen LogP contribution in [0, 0.1) is 11.3 Å². The van der Waals surface area contributed by atoms with Crippen molar-refractivity contribution in [2.75, 3.05) is 13.1 Å². The Hall–Kier alpha value is -1.06. The van der Waals surface area contributed by atoms with E-state index < -0.39 is 0 Å². The van der Waals surface area contributed by atoms with Crippen molar-refractivity contribution in [2.45, 2.75) is 52.2 Å². The third kappa shape index (κ3) is 3.58. The maximum Gasteiger partial charge on any atom is 0.115 e. The van der Waals surface area contributed by atoms with Gasteiger partial charge in [0.2, 0.25) is 0 Å². The van der Waals surface area contributed by atoms with Gasteiger partial charge in [-0.05, 0) is 41.9 Å². The van der Waals surface area contributed by atoms with Crippen LogP contribution in [0.4, 0.5) is 0 Å². The molecule has 0 amide bonds. The van der Waals surface area contributed by atoms with Crippen LogP contribution < -0.4 is 5.32 Å². The molecule has 1 heterocycles. The molecular weight excluding hydrogens is 260 g/mol. The number of hydrogen-bond acceptors (Lipinski definition) is 3. The number of hydrogen-bond donors (Lipinski definition) is 2. The van der Waals surface area contributed by atoms with Gasteiger partial charge in [-0.2, -0.15) is 0 Å². The summed E-state index contributed by atoms with van der Waals surface area (Å²) in [7, 11) is 0. The summed E-state index contributed by atoms with van der Waals surface area (Å²) >= 11 is 0. The molecule has 3 heteroatoms. The van der Waals surface area contributed by atoms with Crippen LogP contribution in [-0.2, 0) is 6.54 Å². The maximum atomic E-state index is 9.69. The molecule has 2 atom stereocenters. The van der Waals surface area contributed by atoms with Crippen molar-refractivity contribution in [2.24, 2.45) is 11.3 Å². The Bertz CT molecular complexity index is 490. The summed E-state index contributed by atoms with van der Waals surface area (Å²) in [5.74, 6) is 1.26. The van der Waals surface area contributed by atoms with E-state index in [4.69, 9.17) is 0 Å². The van der Waals surface area contributed by atoms with Gasteiger partial charge in [0, 0.05) is 31.7 Å². The van der Waals surface area contributed by atoms with Crippen molar-refractivity contribution in [3.05, 3.63) is 29.8 Å². The van der Waals surface area contributed by atoms with Crippen LogP contribution >= 0.6 is 0 Å². The second-order valence-electron chi connectivity index (χ2n) is 7.83. The van der Waals surface area contributed by atoms with Crippen LogP contribution in [0.1, 0.15) is 39.2 Å². The standard InChI is InChI=1S/C18H28N2O/c1-18(2,3)17-10-19-16(14-7-8-14)12-20(17)11-13-5-4-6-15(21)9-13/h4-6,9,14,16-17,19,21H,7-8,10-12H2,1-3H3. The summed E-state index contributed by atoms with van der Waals surface area (Å²) in [5, 5.41) is 13.5. The molecule has 0 spiro atoms. The third-order valence-corrected chi connectivity index (χ3v) is 4.93. The molecule has 21 heavy (non-hydrogen) atoms. The molecule has 2 unspecified atom stereocenters. The molecule has 3 nitrogen and oxygen atoms in total. The van der Waals surface area contributed by atoms with Gasteiger partial charge in [-0.25, -0.2) is 0 Å². The number of nitrogens with zero attached hydrogens (tertiary/aromatic N) is 1. The molecule has 1 aliphatic heterocycles. The number of phenolic OH excluding ortho intramolecular Hbond substituents is 1. The predicted molar refractivity (Wildman–Crippen MR) is 86.3 cm³/mol. The van der Waals surface area contributed by atoms with Crippen LogP contribution in [0.5, 0.6) is 5.75 Å². The summed E-state index contributed by atoms with van der Waals surface area (Å²) in [5.41, 5.74) is 1.47. The van der Waals surface area contributed by atoms with Gasteiger partial charge in [-0.1, -0.05) is 32.9 Å². The van der Waals surface area contributed by atoms with E-state index in [9.17, 15) is 5.11 Å². The first-order valence-electron chi connectivity index (χ1n) is 8.19. The Balaban J connectivity index is 1.75. The fourth-order valence-corrected chi connectivity index (χ4v) is 3.57. The fourth-order valence-electron chi connectivity index (χ4n) is 3.57. The lowest BCUT2D eigenvalue weighted by Crippen LogP contribution is -2.60. The average Bonchev–Trinajstić information content (AvgIpc) is 3.21. The van der Waals surface area contributed by atoms with E-state index in [2.05, 4.69) is 37.1 Å². The summed E-state index contributed by atoms with van der Waals surface area (Å²) in [6.45, 7) is 10.1. The quantitative estimate of drug-likeness (QED) is 0.897. The van der Waals surface area contributed by atoms with Gasteiger partial charge in [-0.15, -0.1) is 0 Å². The fraction of sp³-hybridized carbons (Fsp3) is 0.667. The van der Waals surface area contributed by atoms with Crippen molar-refractivity contribution >= 4 is 0 Å². The van der Waals surface area contributed by atoms with Gasteiger partial charge in [0.25, 0.3) is 0 Å². The van der Waals surface area contributed by atoms with E-state index in [-0.39, 0.29) is 5.41 Å². The van der Waals surface area contributed by atoms with Gasteiger partial charge in [0.05, 0.1) is 0 Å². The minimum absolute atomic E-state index is 0.262. The second-order valence-corrected chi connectivity index (χ2v) is 7.83. The molecule has 1 aliphatic carbocycles. The van der Waals surface area contributed by atoms with Crippen molar-refractivity contribution < 1.29 is 5.11 Å². The highest BCUT2D eigenvalue weighted by molar-refractivity contribution is 5.27. The first-order valence-corrected chi connectivity index (χ1v) is 8.19. The zero-order valence-electron chi connectivity index (χ0n) is 13.5. The topological polar surface area (TPSA) is 35.5 Å². The average molecular weight is 288 g/mol. The van der Waals surface area contributed by atoms with Gasteiger partial charge in [-0.3, -0.25) is 4.90 Å². The van der Waals surface area contributed by atoms with Gasteiger partial charge in [0.1, 0.15) is 5.75 Å². The molecule has 0 aromatic heterocycles. The van der Waals surface area contributed by atoms with Gasteiger partial charge in [0.15, 0.2) is 0 Å². The zero-order chi connectivity index (χ0) is 15.0. The van der Waals surface area contributed by atoms with Crippen molar-refractivity contribution in [1.29, 1.82) is 0 Å². The molecular formula is C18H28N2O. The van der Waals surface area contributed by atoms with E-state index in [1.807, 2.05) is 12.1 Å². The van der Waals surface area contributed by atoms with E-state index in [1.165, 1.54) is 18.4 Å². The molecule has 2 fully saturated rings. The third-order valence-electron chi connectivity index (χ3n) is 4.93. The Morgan fingerprint density at radius 2 is 2.05 bits per heavy atom. The Labute approximate surface area is 128 Å². The molecule has 1 saturated heterocycles. The van der Waals surface area contributed by atoms with Crippen LogP contribution in [0.2, 0.25) is 0 Å². The predicted octanol–water partition coefficient (Wildman–Crippen LogP) is 2.99. The normalized spacial score (nSPS) is 27.8. The Morgan fingerprint density at radius 1 is 1.29 bits per heavy atom. The summed E-state index contributed by atoms with van der Waals surface area (Å²) in [6, 6.07) is 8.89. The number of benzene rings is 1. The number of nitrogens with one attached hydrogen (secondary N) is 1. The van der Waals surface area contributed by atoms with E-state index in [1.54, 1.807) is 6.07 Å². The Morgan fingerprint density at radius 3 is 2.67 bits per heavy atom. The van der Waals surface area contributed by atoms with Crippen LogP contribution in [-0.4, -0.2) is 35.2 Å². The molecule has 3 rings (SSSR count). The lowest BCUT2D eigenvalue weighted by atomic mass is 9.83. The molecule has 2 N–H and O–H groups in total. The first kappa shape index (κ1) is 14.9. The van der Waals surface area contributed by atoms with E-state index in [0.717, 1.165) is 25.6 Å². The lowest BCUT2D eigenvalue weighted by Gasteiger charge is -2.46. The SMILES string of the molecule is CC(C)(C)C1CNC(C2CC2)CN1Cc1cccc(O)c1. The van der Waals surface area contributed by atoms with Crippen molar-refractivity contribution in [3.8, 4) is 5.75 Å². The Kier molecular flexibility index (Phi) is 3.98. The maximum absolute atomic E-state index is 9.69. The van der Waals surface area contributed by atoms with E-state index >= 15 is 0 Å². The minimum Gasteiger partial charge on any atom is -0.508 e. The number of phenols is 1. The molecule has 1 aromatic carbocycles. The lowest BCUT2D eigenvalue weighted by molar-refractivity contribution is 0.0449. The van der Waals surface area contributed by atoms with Crippen molar-refractivity contribution in [1.82, 2.24) is 10.2 Å². The highest BCUT2D eigenvalue weighted by Gasteiger charge is 2.40. The van der Waals surface area contributed by atoms with Gasteiger partial charge < -0.3 is 10.4 Å². The molecule has 116 valence electrons. The number of piperazine rings is 1. The molecule has 1 aromatic rings. The monoisotopic (exact) mass is 288 g/mol. The number of rotatable bonds is 3. The summed E-state index contributed by atoms with van der Waals surface area (Å²) in [6.07, 6.45) is 2.77. The van der Waals surface area contributed by atoms with E-state index in [0.29, 0.717) is 17.8 Å². The van der Waals surface area contributed by atoms with Crippen molar-refractivity contribution in [3.63, 3.8) is 0 Å². The van der Waals surface area contributed by atoms with Crippen LogP contribution in [0.3, 0.4) is 0 Å². The van der Waals surface area contributed by atoms with Gasteiger partial charge >= 0.3 is 0 Å². The highest BCUT2D eigenvalue weighted by Crippen LogP contribution is 2.36. The molecule has 0 radical (unpaired) electrons.